The molecule has 2 aromatic rings. The minimum Gasteiger partial charge on any atom is -0.395 e. The van der Waals surface area contributed by atoms with E-state index in [0.717, 1.165) is 29.5 Å². The second kappa shape index (κ2) is 6.92. The van der Waals surface area contributed by atoms with Crippen molar-refractivity contribution in [3.05, 3.63) is 46.5 Å². The molecule has 0 radical (unpaired) electrons. The average Bonchev–Trinajstić information content (AvgIpc) is 2.89. The Hall–Kier alpha value is -2.30. The number of aliphatic hydroxyl groups excluding tert-OH is 1. The van der Waals surface area contributed by atoms with Crippen LogP contribution in [0.2, 0.25) is 0 Å². The molecule has 0 atom stereocenters. The highest BCUT2D eigenvalue weighted by Crippen LogP contribution is 2.19. The molecule has 0 aliphatic rings. The Morgan fingerprint density at radius 1 is 1.43 bits per heavy atom. The molecule has 1 aromatic heterocycles. The number of carbonyl (C=O) groups is 1. The Morgan fingerprint density at radius 2 is 2.24 bits per heavy atom. The van der Waals surface area contributed by atoms with E-state index in [1.54, 1.807) is 0 Å². The lowest BCUT2D eigenvalue weighted by molar-refractivity contribution is 0.102. The van der Waals surface area contributed by atoms with Gasteiger partial charge in [0.05, 0.1) is 23.2 Å². The van der Waals surface area contributed by atoms with Crippen LogP contribution < -0.4 is 5.32 Å². The zero-order valence-corrected chi connectivity index (χ0v) is 11.5. The summed E-state index contributed by atoms with van der Waals surface area (Å²) < 4.78 is 26.5. The van der Waals surface area contributed by atoms with Gasteiger partial charge in [-0.3, -0.25) is 10.1 Å². The fraction of sp³-hybridized carbons (Fsp3) is 0.143. The van der Waals surface area contributed by atoms with Crippen molar-refractivity contribution >= 4 is 22.4 Å². The van der Waals surface area contributed by atoms with Crippen molar-refractivity contribution in [3.8, 4) is 11.8 Å². The fourth-order valence-electron chi connectivity index (χ4n) is 1.43. The predicted octanol–water partition coefficient (Wildman–Crippen LogP) is 2.41. The van der Waals surface area contributed by atoms with Crippen molar-refractivity contribution in [1.82, 2.24) is 4.98 Å². The van der Waals surface area contributed by atoms with Crippen molar-refractivity contribution in [3.63, 3.8) is 0 Å². The number of thiazole rings is 1. The first-order chi connectivity index (χ1) is 10.1. The number of aliphatic hydroxyl groups is 1. The molecular weight excluding hydrogens is 298 g/mol. The van der Waals surface area contributed by atoms with Crippen LogP contribution in [0.4, 0.5) is 13.9 Å². The minimum atomic E-state index is -0.812. The average molecular weight is 308 g/mol. The molecule has 1 aromatic carbocycles. The zero-order chi connectivity index (χ0) is 15.2. The third kappa shape index (κ3) is 4.08. The monoisotopic (exact) mass is 308 g/mol. The minimum absolute atomic E-state index is 0.0335. The van der Waals surface area contributed by atoms with Gasteiger partial charge in [-0.15, -0.1) is 0 Å². The predicted molar refractivity (Wildman–Crippen MR) is 75.0 cm³/mol. The summed E-state index contributed by atoms with van der Waals surface area (Å²) in [5, 5.41) is 11.2. The molecule has 7 heteroatoms. The largest absolute Gasteiger partial charge is 0.395 e. The normalized spacial score (nSPS) is 9.86. The number of carbonyl (C=O) groups excluding carboxylic acids is 1. The summed E-state index contributed by atoms with van der Waals surface area (Å²) in [4.78, 5) is 16.4. The fourth-order valence-corrected chi connectivity index (χ4v) is 2.12. The molecule has 1 heterocycles. The summed E-state index contributed by atoms with van der Waals surface area (Å²) >= 11 is 1.10. The quantitative estimate of drug-likeness (QED) is 0.856. The highest BCUT2D eigenvalue weighted by Gasteiger charge is 2.14. The van der Waals surface area contributed by atoms with Crippen LogP contribution in [0.15, 0.2) is 24.4 Å². The molecule has 1 amide bonds. The first-order valence-corrected chi connectivity index (χ1v) is 6.74. The molecular formula is C14H10F2N2O2S. The standard InChI is InChI=1S/C14H10F2N2O2S/c15-9-4-5-12(16)11(7-9)13(20)18-14-17-8-10(21-14)3-1-2-6-19/h4-5,7-8,19H,2,6H2,(H,17,18,20). The number of nitrogens with zero attached hydrogens (tertiary/aromatic N) is 1. The van der Waals surface area contributed by atoms with Gasteiger partial charge in [0, 0.05) is 6.42 Å². The highest BCUT2D eigenvalue weighted by atomic mass is 32.1. The van der Waals surface area contributed by atoms with Crippen molar-refractivity contribution in [2.45, 2.75) is 6.42 Å². The number of hydrogen-bond acceptors (Lipinski definition) is 4. The van der Waals surface area contributed by atoms with Gasteiger partial charge in [0.2, 0.25) is 0 Å². The lowest BCUT2D eigenvalue weighted by atomic mass is 10.2. The number of amides is 1. The van der Waals surface area contributed by atoms with Crippen LogP contribution >= 0.6 is 11.3 Å². The smallest absolute Gasteiger partial charge is 0.260 e. The van der Waals surface area contributed by atoms with Gasteiger partial charge in [-0.25, -0.2) is 13.8 Å². The lowest BCUT2D eigenvalue weighted by Gasteiger charge is -2.02. The number of anilines is 1. The molecule has 0 saturated heterocycles. The summed E-state index contributed by atoms with van der Waals surface area (Å²) in [5.74, 6) is 3.18. The molecule has 0 aliphatic carbocycles. The maximum Gasteiger partial charge on any atom is 0.260 e. The summed E-state index contributed by atoms with van der Waals surface area (Å²) in [6.45, 7) is -0.0335. The van der Waals surface area contributed by atoms with Gasteiger partial charge >= 0.3 is 0 Å². The van der Waals surface area contributed by atoms with E-state index >= 15 is 0 Å². The number of benzene rings is 1. The number of nitrogens with one attached hydrogen (secondary N) is 1. The van der Waals surface area contributed by atoms with E-state index in [1.807, 2.05) is 0 Å². The second-order valence-electron chi connectivity index (χ2n) is 3.88. The zero-order valence-electron chi connectivity index (χ0n) is 10.7. The molecule has 2 rings (SSSR count). The molecule has 0 bridgehead atoms. The van der Waals surface area contributed by atoms with Gasteiger partial charge in [-0.05, 0) is 18.2 Å². The maximum absolute atomic E-state index is 13.4. The van der Waals surface area contributed by atoms with Gasteiger partial charge < -0.3 is 5.11 Å². The van der Waals surface area contributed by atoms with Gasteiger partial charge in [-0.2, -0.15) is 0 Å². The number of aromatic nitrogens is 1. The van der Waals surface area contributed by atoms with E-state index in [1.165, 1.54) is 6.20 Å². The van der Waals surface area contributed by atoms with Crippen LogP contribution in [0.5, 0.6) is 0 Å². The topological polar surface area (TPSA) is 62.2 Å². The van der Waals surface area contributed by atoms with Gasteiger partial charge in [0.1, 0.15) is 11.6 Å². The van der Waals surface area contributed by atoms with Crippen LogP contribution in [0.3, 0.4) is 0 Å². The van der Waals surface area contributed by atoms with E-state index in [-0.39, 0.29) is 11.7 Å². The maximum atomic E-state index is 13.4. The number of halogens is 2. The Balaban J connectivity index is 2.10. The lowest BCUT2D eigenvalue weighted by Crippen LogP contribution is -2.13. The Bertz CT molecular complexity index is 719. The number of rotatable bonds is 3. The van der Waals surface area contributed by atoms with Crippen molar-refractivity contribution in [2.24, 2.45) is 0 Å². The van der Waals surface area contributed by atoms with Crippen LogP contribution in [-0.2, 0) is 0 Å². The molecule has 0 saturated carbocycles. The van der Waals surface area contributed by atoms with Crippen LogP contribution in [0, 0.1) is 23.5 Å². The third-order valence-electron chi connectivity index (χ3n) is 2.35. The molecule has 21 heavy (non-hydrogen) atoms. The Labute approximate surface area is 123 Å². The van der Waals surface area contributed by atoms with Gasteiger partial charge in [0.25, 0.3) is 5.91 Å². The SMILES string of the molecule is O=C(Nc1ncc(C#CCCO)s1)c1cc(F)ccc1F. The molecule has 0 fully saturated rings. The van der Waals surface area contributed by atoms with E-state index < -0.39 is 23.1 Å². The second-order valence-corrected chi connectivity index (χ2v) is 4.91. The summed E-state index contributed by atoms with van der Waals surface area (Å²) in [7, 11) is 0. The third-order valence-corrected chi connectivity index (χ3v) is 3.18. The molecule has 2 N–H and O–H groups in total. The first kappa shape index (κ1) is 15.1. The van der Waals surface area contributed by atoms with E-state index in [0.29, 0.717) is 11.3 Å². The van der Waals surface area contributed by atoms with Crippen LogP contribution in [0.1, 0.15) is 21.7 Å². The van der Waals surface area contributed by atoms with Crippen LogP contribution in [0.25, 0.3) is 0 Å². The highest BCUT2D eigenvalue weighted by molar-refractivity contribution is 7.16. The Kier molecular flexibility index (Phi) is 4.98. The molecule has 0 aliphatic heterocycles. The summed E-state index contributed by atoms with van der Waals surface area (Å²) in [6, 6.07) is 2.64. The molecule has 4 nitrogen and oxygen atoms in total. The summed E-state index contributed by atoms with van der Waals surface area (Å²) in [5.41, 5.74) is -0.391. The number of hydrogen-bond donors (Lipinski definition) is 2. The first-order valence-electron chi connectivity index (χ1n) is 5.92. The molecule has 0 unspecified atom stereocenters. The van der Waals surface area contributed by atoms with E-state index in [4.69, 9.17) is 5.11 Å². The van der Waals surface area contributed by atoms with Gasteiger partial charge in [-0.1, -0.05) is 23.2 Å². The molecule has 0 spiro atoms. The van der Waals surface area contributed by atoms with Crippen LogP contribution in [-0.4, -0.2) is 22.6 Å². The van der Waals surface area contributed by atoms with E-state index in [2.05, 4.69) is 22.1 Å². The van der Waals surface area contributed by atoms with Crippen molar-refractivity contribution in [1.29, 1.82) is 0 Å². The van der Waals surface area contributed by atoms with Gasteiger partial charge in [0.15, 0.2) is 5.13 Å². The van der Waals surface area contributed by atoms with Crippen molar-refractivity contribution < 1.29 is 18.7 Å². The Morgan fingerprint density at radius 3 is 3.00 bits per heavy atom. The summed E-state index contributed by atoms with van der Waals surface area (Å²) in [6.07, 6.45) is 1.79. The molecule has 108 valence electrons. The van der Waals surface area contributed by atoms with Crippen molar-refractivity contribution in [2.75, 3.05) is 11.9 Å². The van der Waals surface area contributed by atoms with E-state index in [9.17, 15) is 13.6 Å².